The lowest BCUT2D eigenvalue weighted by Gasteiger charge is -2.33. The highest BCUT2D eigenvalue weighted by Gasteiger charge is 2.24. The Morgan fingerprint density at radius 2 is 2.32 bits per heavy atom. The molecule has 1 N–H and O–H groups in total. The predicted molar refractivity (Wildman–Crippen MR) is 78.7 cm³/mol. The number of nitrogens with one attached hydrogen (secondary N) is 1. The van der Waals surface area contributed by atoms with Gasteiger partial charge in [0.15, 0.2) is 0 Å². The molecule has 0 aromatic heterocycles. The summed E-state index contributed by atoms with van der Waals surface area (Å²) in [5, 5.41) is 3.82. The van der Waals surface area contributed by atoms with E-state index < -0.39 is 0 Å². The Labute approximate surface area is 119 Å². The topological polar surface area (TPSA) is 32.3 Å². The van der Waals surface area contributed by atoms with E-state index in [1.165, 1.54) is 6.42 Å². The average molecular weight is 281 g/mol. The van der Waals surface area contributed by atoms with Crippen LogP contribution in [0.5, 0.6) is 0 Å². The van der Waals surface area contributed by atoms with E-state index in [0.29, 0.717) is 10.9 Å². The van der Waals surface area contributed by atoms with Crippen molar-refractivity contribution in [1.29, 1.82) is 0 Å². The second-order valence-electron chi connectivity index (χ2n) is 5.28. The fraction of sp³-hybridized carbons (Fsp3) is 0.533. The highest BCUT2D eigenvalue weighted by Crippen LogP contribution is 2.21. The Morgan fingerprint density at radius 1 is 1.53 bits per heavy atom. The van der Waals surface area contributed by atoms with Crippen LogP contribution in [0.1, 0.15) is 28.8 Å². The highest BCUT2D eigenvalue weighted by atomic mass is 35.5. The lowest BCUT2D eigenvalue weighted by Crippen LogP contribution is -2.42. The lowest BCUT2D eigenvalue weighted by molar-refractivity contribution is 0.0673. The van der Waals surface area contributed by atoms with Gasteiger partial charge in [0.2, 0.25) is 0 Å². The first kappa shape index (κ1) is 14.4. The van der Waals surface area contributed by atoms with Crippen molar-refractivity contribution in [2.45, 2.75) is 19.8 Å². The Balaban J connectivity index is 2.12. The molecule has 1 fully saturated rings. The van der Waals surface area contributed by atoms with E-state index in [1.807, 2.05) is 31.0 Å². The Hall–Kier alpha value is -1.06. The van der Waals surface area contributed by atoms with Crippen LogP contribution in [0.4, 0.5) is 0 Å². The molecule has 1 aliphatic rings. The van der Waals surface area contributed by atoms with Gasteiger partial charge in [-0.3, -0.25) is 4.79 Å². The molecule has 19 heavy (non-hydrogen) atoms. The van der Waals surface area contributed by atoms with Crippen molar-refractivity contribution in [3.63, 3.8) is 0 Å². The van der Waals surface area contributed by atoms with Crippen molar-refractivity contribution in [3.05, 3.63) is 34.3 Å². The molecule has 1 aliphatic heterocycles. The van der Waals surface area contributed by atoms with Crippen molar-refractivity contribution >= 4 is 17.5 Å². The van der Waals surface area contributed by atoms with E-state index in [9.17, 15) is 4.79 Å². The second kappa shape index (κ2) is 6.40. The molecule has 1 saturated heterocycles. The molecule has 1 aromatic carbocycles. The molecule has 104 valence electrons. The molecule has 0 saturated carbocycles. The van der Waals surface area contributed by atoms with Gasteiger partial charge in [0.1, 0.15) is 0 Å². The quantitative estimate of drug-likeness (QED) is 0.923. The number of likely N-dealkylation sites (tertiary alicyclic amines) is 1. The van der Waals surface area contributed by atoms with Crippen LogP contribution in [0, 0.1) is 12.8 Å². The molecule has 0 spiro atoms. The third kappa shape index (κ3) is 3.48. The van der Waals surface area contributed by atoms with Crippen LogP contribution in [-0.4, -0.2) is 37.5 Å². The molecular weight excluding hydrogens is 260 g/mol. The number of hydrogen-bond donors (Lipinski definition) is 1. The van der Waals surface area contributed by atoms with Gasteiger partial charge in [0.05, 0.1) is 0 Å². The maximum atomic E-state index is 12.6. The maximum absolute atomic E-state index is 12.6. The molecular formula is C15H21ClN2O. The van der Waals surface area contributed by atoms with Crippen LogP contribution in [-0.2, 0) is 0 Å². The van der Waals surface area contributed by atoms with E-state index in [1.54, 1.807) is 6.07 Å². The summed E-state index contributed by atoms with van der Waals surface area (Å²) in [6.07, 6.45) is 2.27. The SMILES string of the molecule is CNCC1CCCN(C(=O)c2cc(Cl)ccc2C)C1. The van der Waals surface area contributed by atoms with E-state index in [2.05, 4.69) is 5.32 Å². The predicted octanol–water partition coefficient (Wildman–Crippen LogP) is 2.72. The van der Waals surface area contributed by atoms with E-state index in [0.717, 1.165) is 37.2 Å². The molecule has 1 atom stereocenters. The zero-order valence-electron chi connectivity index (χ0n) is 11.6. The summed E-state index contributed by atoms with van der Waals surface area (Å²) in [6, 6.07) is 5.51. The summed E-state index contributed by atoms with van der Waals surface area (Å²) in [5.74, 6) is 0.669. The first-order valence-electron chi connectivity index (χ1n) is 6.82. The number of halogens is 1. The summed E-state index contributed by atoms with van der Waals surface area (Å²) < 4.78 is 0. The van der Waals surface area contributed by atoms with Crippen LogP contribution < -0.4 is 5.32 Å². The molecule has 1 unspecified atom stereocenters. The molecule has 0 radical (unpaired) electrons. The molecule has 4 heteroatoms. The van der Waals surface area contributed by atoms with Gasteiger partial charge in [-0.1, -0.05) is 17.7 Å². The summed E-state index contributed by atoms with van der Waals surface area (Å²) in [4.78, 5) is 14.5. The summed E-state index contributed by atoms with van der Waals surface area (Å²) in [6.45, 7) is 4.62. The van der Waals surface area contributed by atoms with Gasteiger partial charge < -0.3 is 10.2 Å². The minimum absolute atomic E-state index is 0.112. The number of nitrogens with zero attached hydrogens (tertiary/aromatic N) is 1. The summed E-state index contributed by atoms with van der Waals surface area (Å²) in [7, 11) is 1.96. The Kier molecular flexibility index (Phi) is 4.83. The zero-order chi connectivity index (χ0) is 13.8. The third-order valence-electron chi connectivity index (χ3n) is 3.73. The zero-order valence-corrected chi connectivity index (χ0v) is 12.3. The number of amides is 1. The van der Waals surface area contributed by atoms with Crippen molar-refractivity contribution < 1.29 is 4.79 Å². The van der Waals surface area contributed by atoms with Gasteiger partial charge in [-0.25, -0.2) is 0 Å². The fourth-order valence-electron chi connectivity index (χ4n) is 2.70. The Bertz CT molecular complexity index is 459. The van der Waals surface area contributed by atoms with E-state index >= 15 is 0 Å². The van der Waals surface area contributed by atoms with E-state index in [4.69, 9.17) is 11.6 Å². The smallest absolute Gasteiger partial charge is 0.254 e. The van der Waals surface area contributed by atoms with Crippen LogP contribution in [0.15, 0.2) is 18.2 Å². The number of hydrogen-bond acceptors (Lipinski definition) is 2. The fourth-order valence-corrected chi connectivity index (χ4v) is 2.87. The van der Waals surface area contributed by atoms with Crippen LogP contribution in [0.25, 0.3) is 0 Å². The van der Waals surface area contributed by atoms with Crippen LogP contribution in [0.3, 0.4) is 0 Å². The average Bonchev–Trinajstić information content (AvgIpc) is 2.41. The second-order valence-corrected chi connectivity index (χ2v) is 5.71. The van der Waals surface area contributed by atoms with Crippen molar-refractivity contribution in [3.8, 4) is 0 Å². The number of rotatable bonds is 3. The van der Waals surface area contributed by atoms with Crippen LogP contribution >= 0.6 is 11.6 Å². The number of piperidine rings is 1. The highest BCUT2D eigenvalue weighted by molar-refractivity contribution is 6.31. The minimum atomic E-state index is 0.112. The first-order chi connectivity index (χ1) is 9.11. The maximum Gasteiger partial charge on any atom is 0.254 e. The van der Waals surface area contributed by atoms with Gasteiger partial charge >= 0.3 is 0 Å². The van der Waals surface area contributed by atoms with Gasteiger partial charge in [-0.15, -0.1) is 0 Å². The van der Waals surface area contributed by atoms with Crippen LogP contribution in [0.2, 0.25) is 5.02 Å². The van der Waals surface area contributed by atoms with Crippen molar-refractivity contribution in [1.82, 2.24) is 10.2 Å². The van der Waals surface area contributed by atoms with E-state index in [-0.39, 0.29) is 5.91 Å². The van der Waals surface area contributed by atoms with Gasteiger partial charge in [-0.05, 0) is 57.0 Å². The van der Waals surface area contributed by atoms with Crippen molar-refractivity contribution in [2.75, 3.05) is 26.7 Å². The largest absolute Gasteiger partial charge is 0.338 e. The molecule has 0 bridgehead atoms. The number of carbonyl (C=O) groups excluding carboxylic acids is 1. The van der Waals surface area contributed by atoms with Gasteiger partial charge in [-0.2, -0.15) is 0 Å². The lowest BCUT2D eigenvalue weighted by atomic mass is 9.97. The monoisotopic (exact) mass is 280 g/mol. The molecule has 3 nitrogen and oxygen atoms in total. The number of carbonyl (C=O) groups is 1. The third-order valence-corrected chi connectivity index (χ3v) is 3.96. The molecule has 1 amide bonds. The first-order valence-corrected chi connectivity index (χ1v) is 7.19. The van der Waals surface area contributed by atoms with Gasteiger partial charge in [0, 0.05) is 23.7 Å². The Morgan fingerprint density at radius 3 is 3.05 bits per heavy atom. The molecule has 1 heterocycles. The molecule has 1 aromatic rings. The molecule has 0 aliphatic carbocycles. The summed E-state index contributed by atoms with van der Waals surface area (Å²) in [5.41, 5.74) is 1.72. The number of benzene rings is 1. The molecule has 2 rings (SSSR count). The normalized spacial score (nSPS) is 19.5. The standard InChI is InChI=1S/C15H21ClN2O/c1-11-5-6-13(16)8-14(11)15(19)18-7-3-4-12(10-18)9-17-2/h5-6,8,12,17H,3-4,7,9-10H2,1-2H3. The van der Waals surface area contributed by atoms with Crippen molar-refractivity contribution in [2.24, 2.45) is 5.92 Å². The van der Waals surface area contributed by atoms with Gasteiger partial charge in [0.25, 0.3) is 5.91 Å². The minimum Gasteiger partial charge on any atom is -0.338 e. The number of aryl methyl sites for hydroxylation is 1. The summed E-state index contributed by atoms with van der Waals surface area (Å²) >= 11 is 6.00.